The van der Waals surface area contributed by atoms with Gasteiger partial charge >= 0.3 is 0 Å². The van der Waals surface area contributed by atoms with Crippen LogP contribution in [0.1, 0.15) is 28.8 Å². The van der Waals surface area contributed by atoms with E-state index in [1.165, 1.54) is 4.57 Å². The van der Waals surface area contributed by atoms with Gasteiger partial charge in [0.2, 0.25) is 0 Å². The predicted molar refractivity (Wildman–Crippen MR) is 240 cm³/mol. The third kappa shape index (κ3) is 4.86. The van der Waals surface area contributed by atoms with E-state index in [1.807, 2.05) is 60.7 Å². The lowest BCUT2D eigenvalue weighted by Crippen LogP contribution is -1.98. The Bertz CT molecular complexity index is 4750. The van der Waals surface area contributed by atoms with Crippen molar-refractivity contribution in [2.24, 2.45) is 0 Å². The molecule has 0 unspecified atom stereocenters. The molecule has 0 N–H and O–H groups in total. The van der Waals surface area contributed by atoms with Gasteiger partial charge in [-0.3, -0.25) is 0 Å². The smallest absolute Gasteiger partial charge is 0.0667 e. The molecule has 0 saturated heterocycles. The van der Waals surface area contributed by atoms with Crippen LogP contribution in [0.5, 0.6) is 0 Å². The number of nitrogens with zero attached hydrogens (tertiary/aromatic N) is 3. The first-order chi connectivity index (χ1) is 37.0. The summed E-state index contributed by atoms with van der Waals surface area (Å²) in [6.07, 6.45) is 0. The van der Waals surface area contributed by atoms with Crippen LogP contribution < -0.4 is 0 Å². The Morgan fingerprint density at radius 1 is 0.281 bits per heavy atom. The van der Waals surface area contributed by atoms with E-state index in [0.717, 1.165) is 31.9 Å². The molecule has 0 aliphatic carbocycles. The Morgan fingerprint density at radius 3 is 1.30 bits per heavy atom. The summed E-state index contributed by atoms with van der Waals surface area (Å²) in [4.78, 5) is 0. The summed E-state index contributed by atoms with van der Waals surface area (Å²) in [7, 11) is 0. The van der Waals surface area contributed by atoms with Gasteiger partial charge in [-0.25, -0.2) is 0 Å². The Morgan fingerprint density at radius 2 is 0.702 bits per heavy atom. The van der Waals surface area contributed by atoms with Crippen LogP contribution in [-0.4, -0.2) is 13.7 Å². The summed E-state index contributed by atoms with van der Waals surface area (Å²) in [5.41, 5.74) is 0.189. The Kier molecular flexibility index (Phi) is 3.81. The second kappa shape index (κ2) is 12.5. The van der Waals surface area contributed by atoms with Crippen LogP contribution in [0.2, 0.25) is 0 Å². The molecule has 9 aromatic carbocycles. The molecule has 0 radical (unpaired) electrons. The van der Waals surface area contributed by atoms with Gasteiger partial charge in [0.05, 0.1) is 61.9 Å². The van der Waals surface area contributed by atoms with E-state index >= 15 is 0 Å². The molecular weight excluding hydrogens is 691 g/mol. The molecule has 0 aliphatic heterocycles. The zero-order valence-corrected chi connectivity index (χ0v) is 29.4. The fourth-order valence-electron chi connectivity index (χ4n) is 7.76. The number of benzene rings is 9. The molecule has 3 nitrogen and oxygen atoms in total. The minimum absolute atomic E-state index is 0.168. The first-order valence-electron chi connectivity index (χ1n) is 28.4. The zero-order chi connectivity index (χ0) is 55.7. The van der Waals surface area contributed by atoms with Crippen molar-refractivity contribution in [1.29, 1.82) is 0 Å². The van der Waals surface area contributed by atoms with Crippen LogP contribution >= 0.6 is 0 Å². The van der Waals surface area contributed by atoms with Gasteiger partial charge in [-0.2, -0.15) is 0 Å². The molecule has 0 spiro atoms. The van der Waals surface area contributed by atoms with E-state index in [0.29, 0.717) is 5.56 Å². The van der Waals surface area contributed by atoms with Gasteiger partial charge in [0.25, 0.3) is 0 Å². The monoisotopic (exact) mass is 746 g/mol. The lowest BCUT2D eigenvalue weighted by molar-refractivity contribution is 1.14. The summed E-state index contributed by atoms with van der Waals surface area (Å²) in [6.45, 7) is 0. The first-order valence-corrected chi connectivity index (χ1v) is 17.9. The van der Waals surface area contributed by atoms with Gasteiger partial charge in [-0.1, -0.05) is 145 Å². The van der Waals surface area contributed by atoms with Crippen LogP contribution in [0, 0.1) is 0 Å². The molecule has 0 bridgehead atoms. The number of aromatic nitrogens is 3. The van der Waals surface area contributed by atoms with E-state index < -0.39 is 166 Å². The molecule has 0 saturated carbocycles. The fourth-order valence-corrected chi connectivity index (χ4v) is 7.76. The second-order valence-corrected chi connectivity index (χ2v) is 13.4. The van der Waals surface area contributed by atoms with Crippen LogP contribution in [0.4, 0.5) is 0 Å². The maximum atomic E-state index is 10.3. The maximum absolute atomic E-state index is 10.3. The highest BCUT2D eigenvalue weighted by molar-refractivity contribution is 6.13. The average Bonchev–Trinajstić information content (AvgIpc) is 3.00. The predicted octanol–water partition coefficient (Wildman–Crippen LogP) is 14.3. The number of rotatable bonds is 5. The Labute approximate surface area is 359 Å². The zero-order valence-electron chi connectivity index (χ0n) is 50.4. The van der Waals surface area contributed by atoms with Crippen molar-refractivity contribution < 1.29 is 28.8 Å². The van der Waals surface area contributed by atoms with Crippen molar-refractivity contribution >= 4 is 65.4 Å². The van der Waals surface area contributed by atoms with Gasteiger partial charge < -0.3 is 13.7 Å². The summed E-state index contributed by atoms with van der Waals surface area (Å²) in [5.74, 6) is 0. The van der Waals surface area contributed by atoms with Crippen LogP contribution in [0.3, 0.4) is 0 Å². The summed E-state index contributed by atoms with van der Waals surface area (Å²) in [5, 5.41) is -1.87. The molecule has 3 heteroatoms. The largest absolute Gasteiger partial charge is 0.309 e. The van der Waals surface area contributed by atoms with E-state index in [2.05, 4.69) is 0 Å². The maximum Gasteiger partial charge on any atom is 0.0667 e. The normalized spacial score (nSPS) is 17.0. The highest BCUT2D eigenvalue weighted by Gasteiger charge is 2.19. The SMILES string of the molecule is [2H]c1cc2c(c([2H])c1[2H])c1c([2H])c([2H])c([2H])c([2H])c1n2-c1c([2H])c([2H])c2c3c([2H])c([2H])c([2H])c([2H])c3n(-c3c([2H])c([2H])c4c5c([2H])c([2H])c([2H])c([2H])c5n(-c5cccc(-c6cccc(-c7ccccc7)c6)c5)c4c3[2H])c2c1[2H]. The van der Waals surface area contributed by atoms with E-state index in [1.54, 1.807) is 18.2 Å². The molecule has 266 valence electrons. The van der Waals surface area contributed by atoms with Crippen molar-refractivity contribution in [2.75, 3.05) is 0 Å². The van der Waals surface area contributed by atoms with E-state index in [9.17, 15) is 13.7 Å². The Hall–Kier alpha value is -7.62. The van der Waals surface area contributed by atoms with E-state index in [-0.39, 0.29) is 43.8 Å². The van der Waals surface area contributed by atoms with Crippen molar-refractivity contribution in [2.45, 2.75) is 0 Å². The van der Waals surface area contributed by atoms with Crippen LogP contribution in [-0.2, 0) is 0 Å². The van der Waals surface area contributed by atoms with Gasteiger partial charge in [0.1, 0.15) is 0 Å². The molecule has 3 aromatic heterocycles. The van der Waals surface area contributed by atoms with Crippen LogP contribution in [0.15, 0.2) is 212 Å². The molecule has 12 aromatic rings. The molecule has 0 atom stereocenters. The summed E-state index contributed by atoms with van der Waals surface area (Å²) < 4.78 is 197. The van der Waals surface area contributed by atoms with Gasteiger partial charge in [0, 0.05) is 49.4 Å². The molecule has 3 heterocycles. The lowest BCUT2D eigenvalue weighted by atomic mass is 9.99. The van der Waals surface area contributed by atoms with Crippen molar-refractivity contribution in [3.05, 3.63) is 212 Å². The highest BCUT2D eigenvalue weighted by atomic mass is 15.0. The summed E-state index contributed by atoms with van der Waals surface area (Å²) >= 11 is 0. The average molecular weight is 747 g/mol. The minimum atomic E-state index is -0.815. The van der Waals surface area contributed by atoms with Crippen molar-refractivity contribution in [3.8, 4) is 39.3 Å². The highest BCUT2D eigenvalue weighted by Crippen LogP contribution is 2.39. The minimum Gasteiger partial charge on any atom is -0.309 e. The van der Waals surface area contributed by atoms with Gasteiger partial charge in [-0.15, -0.1) is 0 Å². The first kappa shape index (κ1) is 17.5. The second-order valence-electron chi connectivity index (χ2n) is 13.4. The topological polar surface area (TPSA) is 14.8 Å². The fraction of sp³-hybridized carbons (Fsp3) is 0. The van der Waals surface area contributed by atoms with Crippen molar-refractivity contribution in [3.63, 3.8) is 0 Å². The molecule has 0 amide bonds. The number of para-hydroxylation sites is 4. The summed E-state index contributed by atoms with van der Waals surface area (Å²) in [6, 6.07) is 10.5. The van der Waals surface area contributed by atoms with Gasteiger partial charge in [-0.05, 0) is 88.8 Å². The van der Waals surface area contributed by atoms with Crippen LogP contribution in [0.25, 0.3) is 105 Å². The van der Waals surface area contributed by atoms with Gasteiger partial charge in [0.15, 0.2) is 0 Å². The molecule has 0 fully saturated rings. The standard InChI is InChI=1S/C54H35N3/c1-2-14-36(15-3-1)37-16-12-17-38(32-37)39-18-13-19-40(33-39)56-51-26-10-6-22-45(51)47-31-29-42(35-53(47)56)57-52-27-11-7-23-46(52)48-30-28-41(34-54(48)57)55-49-24-8-4-20-43(49)44-21-5-9-25-50(44)55/h1-35H/i4D,5D,6D,7D,8D,9D,10D,11D,20D,21D,22D,23D,24D,26D,27D,28D,29D,30D,31D,34D,35D. The Balaban J connectivity index is 1.27. The lowest BCUT2D eigenvalue weighted by Gasteiger charge is -2.13. The number of fused-ring (bicyclic) bond motifs is 9. The number of hydrogen-bond donors (Lipinski definition) is 0. The molecule has 0 aliphatic rings. The third-order valence-electron chi connectivity index (χ3n) is 10.3. The van der Waals surface area contributed by atoms with E-state index in [4.69, 9.17) is 15.1 Å². The third-order valence-corrected chi connectivity index (χ3v) is 10.3. The molecule has 12 rings (SSSR count). The molecule has 57 heavy (non-hydrogen) atoms. The molecular formula is C54H35N3. The van der Waals surface area contributed by atoms with Crippen molar-refractivity contribution in [1.82, 2.24) is 13.7 Å². The number of hydrogen-bond acceptors (Lipinski definition) is 0. The quantitative estimate of drug-likeness (QED) is 0.167.